The van der Waals surface area contributed by atoms with Gasteiger partial charge in [0.2, 0.25) is 11.8 Å². The van der Waals surface area contributed by atoms with Gasteiger partial charge in [0.25, 0.3) is 0 Å². The predicted octanol–water partition coefficient (Wildman–Crippen LogP) is 0.858. The van der Waals surface area contributed by atoms with Gasteiger partial charge in [-0.2, -0.15) is 0 Å². The number of hydrogen-bond acceptors (Lipinski definition) is 4. The second-order valence-electron chi connectivity index (χ2n) is 5.94. The number of nitrogens with two attached hydrogens (primary N) is 1. The van der Waals surface area contributed by atoms with Crippen LogP contribution in [-0.2, 0) is 9.59 Å². The summed E-state index contributed by atoms with van der Waals surface area (Å²) < 4.78 is 0. The Hall–Kier alpha value is -1.63. The van der Waals surface area contributed by atoms with Gasteiger partial charge in [0.1, 0.15) is 0 Å². The second kappa shape index (κ2) is 10.3. The van der Waals surface area contributed by atoms with Crippen molar-refractivity contribution in [3.63, 3.8) is 0 Å². The summed E-state index contributed by atoms with van der Waals surface area (Å²) >= 11 is 0. The minimum atomic E-state index is -0.0508. The third kappa shape index (κ3) is 5.78. The topological polar surface area (TPSA) is 78.7 Å². The maximum atomic E-state index is 12.4. The van der Waals surface area contributed by atoms with Crippen LogP contribution in [0.1, 0.15) is 12.8 Å². The van der Waals surface area contributed by atoms with E-state index in [0.29, 0.717) is 26.2 Å². The Labute approximate surface area is 149 Å². The van der Waals surface area contributed by atoms with Gasteiger partial charge in [-0.05, 0) is 31.5 Å². The highest BCUT2D eigenvalue weighted by molar-refractivity contribution is 5.94. The van der Waals surface area contributed by atoms with Crippen molar-refractivity contribution >= 4 is 29.9 Å². The molecule has 1 aliphatic rings. The first-order valence-corrected chi connectivity index (χ1v) is 8.13. The highest BCUT2D eigenvalue weighted by atomic mass is 35.5. The van der Waals surface area contributed by atoms with E-state index in [2.05, 4.69) is 10.2 Å². The van der Waals surface area contributed by atoms with Gasteiger partial charge in [0, 0.05) is 32.4 Å². The average molecular weight is 355 g/mol. The summed E-state index contributed by atoms with van der Waals surface area (Å²) in [6, 6.07) is 9.58. The molecule has 1 atom stereocenters. The van der Waals surface area contributed by atoms with Crippen LogP contribution in [0.2, 0.25) is 0 Å². The Morgan fingerprint density at radius 1 is 1.33 bits per heavy atom. The summed E-state index contributed by atoms with van der Waals surface area (Å²) in [6.45, 7) is 2.78. The molecule has 3 N–H and O–H groups in total. The number of para-hydroxylation sites is 1. The van der Waals surface area contributed by atoms with Crippen molar-refractivity contribution in [1.29, 1.82) is 0 Å². The van der Waals surface area contributed by atoms with E-state index in [4.69, 9.17) is 5.73 Å². The molecule has 134 valence electrons. The Morgan fingerprint density at radius 2 is 2.04 bits per heavy atom. The van der Waals surface area contributed by atoms with Crippen LogP contribution >= 0.6 is 12.4 Å². The minimum Gasteiger partial charge on any atom is -0.355 e. The molecule has 0 aromatic heterocycles. The number of benzene rings is 1. The Kier molecular flexibility index (Phi) is 8.74. The van der Waals surface area contributed by atoms with Crippen LogP contribution in [0.3, 0.4) is 0 Å². The van der Waals surface area contributed by atoms with Crippen LogP contribution in [-0.4, -0.2) is 56.5 Å². The molecular weight excluding hydrogens is 328 g/mol. The molecule has 0 bridgehead atoms. The van der Waals surface area contributed by atoms with Crippen molar-refractivity contribution in [2.45, 2.75) is 12.8 Å². The molecule has 1 heterocycles. The van der Waals surface area contributed by atoms with Crippen LogP contribution in [0.4, 0.5) is 5.69 Å². The fourth-order valence-corrected chi connectivity index (χ4v) is 2.85. The SMILES string of the molecule is CN(C(=O)CN1CCCC(C(=O)NCCN)C1)c1ccccc1.Cl. The first kappa shape index (κ1) is 20.4. The summed E-state index contributed by atoms with van der Waals surface area (Å²) in [5.41, 5.74) is 6.29. The smallest absolute Gasteiger partial charge is 0.240 e. The van der Waals surface area contributed by atoms with E-state index in [1.165, 1.54) is 0 Å². The second-order valence-corrected chi connectivity index (χ2v) is 5.94. The molecule has 1 aromatic carbocycles. The van der Waals surface area contributed by atoms with Gasteiger partial charge in [0.15, 0.2) is 0 Å². The zero-order chi connectivity index (χ0) is 16.7. The van der Waals surface area contributed by atoms with E-state index in [-0.39, 0.29) is 30.1 Å². The number of halogens is 1. The van der Waals surface area contributed by atoms with Gasteiger partial charge in [0.05, 0.1) is 12.5 Å². The molecular formula is C17H27ClN4O2. The van der Waals surface area contributed by atoms with Crippen LogP contribution in [0.5, 0.6) is 0 Å². The summed E-state index contributed by atoms with van der Waals surface area (Å²) in [5.74, 6) is 0.0355. The zero-order valence-electron chi connectivity index (χ0n) is 14.1. The van der Waals surface area contributed by atoms with Crippen molar-refractivity contribution < 1.29 is 9.59 Å². The predicted molar refractivity (Wildman–Crippen MR) is 98.3 cm³/mol. The van der Waals surface area contributed by atoms with Crippen LogP contribution < -0.4 is 16.0 Å². The molecule has 2 amide bonds. The van der Waals surface area contributed by atoms with Gasteiger partial charge >= 0.3 is 0 Å². The van der Waals surface area contributed by atoms with Gasteiger partial charge in [-0.3, -0.25) is 14.5 Å². The number of piperidine rings is 1. The molecule has 1 aliphatic heterocycles. The minimum absolute atomic E-state index is 0. The summed E-state index contributed by atoms with van der Waals surface area (Å²) in [7, 11) is 1.78. The first-order chi connectivity index (χ1) is 11.1. The molecule has 2 rings (SSSR count). The van der Waals surface area contributed by atoms with E-state index in [9.17, 15) is 9.59 Å². The van der Waals surface area contributed by atoms with Crippen molar-refractivity contribution in [2.24, 2.45) is 11.7 Å². The number of carbonyl (C=O) groups is 2. The fraction of sp³-hybridized carbons (Fsp3) is 0.529. The third-order valence-electron chi connectivity index (χ3n) is 4.20. The van der Waals surface area contributed by atoms with Crippen molar-refractivity contribution in [3.05, 3.63) is 30.3 Å². The average Bonchev–Trinajstić information content (AvgIpc) is 2.60. The van der Waals surface area contributed by atoms with Gasteiger partial charge < -0.3 is 16.0 Å². The van der Waals surface area contributed by atoms with E-state index in [0.717, 1.165) is 25.1 Å². The standard InChI is InChI=1S/C17H26N4O2.ClH/c1-20(15-7-3-2-4-8-15)16(22)13-21-11-5-6-14(12-21)17(23)19-10-9-18;/h2-4,7-8,14H,5-6,9-13,18H2,1H3,(H,19,23);1H. The molecule has 0 radical (unpaired) electrons. The molecule has 0 spiro atoms. The lowest BCUT2D eigenvalue weighted by Gasteiger charge is -2.32. The number of amides is 2. The lowest BCUT2D eigenvalue weighted by molar-refractivity contribution is -0.128. The largest absolute Gasteiger partial charge is 0.355 e. The number of nitrogens with zero attached hydrogens (tertiary/aromatic N) is 2. The first-order valence-electron chi connectivity index (χ1n) is 8.13. The van der Waals surface area contributed by atoms with Gasteiger partial charge in [-0.15, -0.1) is 12.4 Å². The maximum Gasteiger partial charge on any atom is 0.240 e. The molecule has 1 aromatic rings. The highest BCUT2D eigenvalue weighted by Crippen LogP contribution is 2.17. The third-order valence-corrected chi connectivity index (χ3v) is 4.20. The molecule has 1 unspecified atom stereocenters. The molecule has 24 heavy (non-hydrogen) atoms. The van der Waals surface area contributed by atoms with Crippen molar-refractivity contribution in [2.75, 3.05) is 44.7 Å². The summed E-state index contributed by atoms with van der Waals surface area (Å²) in [6.07, 6.45) is 1.80. The number of hydrogen-bond donors (Lipinski definition) is 2. The summed E-state index contributed by atoms with van der Waals surface area (Å²) in [4.78, 5) is 28.2. The fourth-order valence-electron chi connectivity index (χ4n) is 2.85. The lowest BCUT2D eigenvalue weighted by Crippen LogP contribution is -2.47. The zero-order valence-corrected chi connectivity index (χ0v) is 14.9. The maximum absolute atomic E-state index is 12.4. The summed E-state index contributed by atoms with van der Waals surface area (Å²) in [5, 5.41) is 2.84. The number of rotatable bonds is 6. The number of likely N-dealkylation sites (tertiary alicyclic amines) is 1. The van der Waals surface area contributed by atoms with Crippen LogP contribution in [0.15, 0.2) is 30.3 Å². The Morgan fingerprint density at radius 3 is 2.71 bits per heavy atom. The Balaban J connectivity index is 0.00000288. The van der Waals surface area contributed by atoms with Crippen molar-refractivity contribution in [1.82, 2.24) is 10.2 Å². The molecule has 1 fully saturated rings. The Bertz CT molecular complexity index is 527. The molecule has 7 heteroatoms. The quantitative estimate of drug-likeness (QED) is 0.794. The normalized spacial score (nSPS) is 17.7. The molecule has 0 aliphatic carbocycles. The molecule has 6 nitrogen and oxygen atoms in total. The number of nitrogens with one attached hydrogen (secondary N) is 1. The van der Waals surface area contributed by atoms with E-state index in [1.807, 2.05) is 30.3 Å². The number of anilines is 1. The van der Waals surface area contributed by atoms with Crippen molar-refractivity contribution in [3.8, 4) is 0 Å². The lowest BCUT2D eigenvalue weighted by atomic mass is 9.97. The van der Waals surface area contributed by atoms with Gasteiger partial charge in [-0.1, -0.05) is 18.2 Å². The van der Waals surface area contributed by atoms with Gasteiger partial charge in [-0.25, -0.2) is 0 Å². The molecule has 1 saturated heterocycles. The van der Waals surface area contributed by atoms with Crippen LogP contribution in [0.25, 0.3) is 0 Å². The van der Waals surface area contributed by atoms with Crippen LogP contribution in [0, 0.1) is 5.92 Å². The molecule has 0 saturated carbocycles. The van der Waals surface area contributed by atoms with E-state index < -0.39 is 0 Å². The van der Waals surface area contributed by atoms with E-state index in [1.54, 1.807) is 11.9 Å². The number of carbonyl (C=O) groups excluding carboxylic acids is 2. The monoisotopic (exact) mass is 354 g/mol. The van der Waals surface area contributed by atoms with E-state index >= 15 is 0 Å². The highest BCUT2D eigenvalue weighted by Gasteiger charge is 2.27. The number of likely N-dealkylation sites (N-methyl/N-ethyl adjacent to an activating group) is 1.